The van der Waals surface area contributed by atoms with Gasteiger partial charge in [-0.2, -0.15) is 9.99 Å². The summed E-state index contributed by atoms with van der Waals surface area (Å²) in [5.74, 6) is 1.47. The second kappa shape index (κ2) is 9.85. The van der Waals surface area contributed by atoms with E-state index in [4.69, 9.17) is 4.98 Å². The lowest BCUT2D eigenvalue weighted by Gasteiger charge is -2.30. The number of benzene rings is 1. The first-order valence-corrected chi connectivity index (χ1v) is 12.4. The summed E-state index contributed by atoms with van der Waals surface area (Å²) >= 11 is 0. The Morgan fingerprint density at radius 2 is 1.83 bits per heavy atom. The fourth-order valence-corrected chi connectivity index (χ4v) is 4.66. The van der Waals surface area contributed by atoms with Gasteiger partial charge >= 0.3 is 0 Å². The highest BCUT2D eigenvalue weighted by molar-refractivity contribution is 5.66. The van der Waals surface area contributed by atoms with Crippen molar-refractivity contribution in [3.8, 4) is 0 Å². The van der Waals surface area contributed by atoms with E-state index in [2.05, 4.69) is 38.9 Å². The summed E-state index contributed by atoms with van der Waals surface area (Å²) in [6.45, 7) is 9.77. The molecule has 1 atom stereocenters. The number of hydrazine groups is 1. The van der Waals surface area contributed by atoms with E-state index in [1.807, 2.05) is 24.3 Å². The molecule has 0 radical (unpaired) electrons. The second-order valence-corrected chi connectivity index (χ2v) is 9.73. The van der Waals surface area contributed by atoms with Crippen LogP contribution >= 0.6 is 0 Å². The molecule has 1 fully saturated rings. The van der Waals surface area contributed by atoms with E-state index in [1.54, 1.807) is 42.2 Å². The van der Waals surface area contributed by atoms with Crippen LogP contribution in [0.25, 0.3) is 0 Å². The van der Waals surface area contributed by atoms with Gasteiger partial charge in [0.2, 0.25) is 5.95 Å². The minimum Gasteiger partial charge on any atom is -0.384 e. The lowest BCUT2D eigenvalue weighted by atomic mass is 10.1. The van der Waals surface area contributed by atoms with Crippen molar-refractivity contribution in [1.29, 1.82) is 0 Å². The fourth-order valence-electron chi connectivity index (χ4n) is 4.66. The molecule has 3 N–H and O–H groups in total. The van der Waals surface area contributed by atoms with E-state index < -0.39 is 11.8 Å². The molecule has 0 aliphatic carbocycles. The molecule has 4 heterocycles. The molecule has 3 aromatic rings. The maximum absolute atomic E-state index is 11.0. The molecule has 0 saturated carbocycles. The number of piperidine rings is 1. The predicted molar refractivity (Wildman–Crippen MR) is 141 cm³/mol. The maximum atomic E-state index is 11.0. The lowest BCUT2D eigenvalue weighted by Crippen LogP contribution is -2.37. The van der Waals surface area contributed by atoms with Crippen LogP contribution in [-0.4, -0.2) is 49.8 Å². The predicted octanol–water partition coefficient (Wildman–Crippen LogP) is 4.38. The number of aliphatic hydroxyl groups excluding tert-OH is 1. The van der Waals surface area contributed by atoms with Gasteiger partial charge in [0.05, 0.1) is 11.3 Å². The van der Waals surface area contributed by atoms with Crippen molar-refractivity contribution in [1.82, 2.24) is 20.0 Å². The number of fused-ring (bicyclic) bond motifs is 1. The Morgan fingerprint density at radius 3 is 2.53 bits per heavy atom. The van der Waals surface area contributed by atoms with Gasteiger partial charge in [-0.3, -0.25) is 0 Å². The number of nitrogens with zero attached hydrogens (tertiary/aromatic N) is 6. The molecule has 1 unspecified atom stereocenters. The zero-order chi connectivity index (χ0) is 25.3. The van der Waals surface area contributed by atoms with Crippen molar-refractivity contribution in [3.05, 3.63) is 72.6 Å². The average molecular weight is 488 g/mol. The zero-order valence-corrected chi connectivity index (χ0v) is 20.8. The minimum atomic E-state index is -1.11. The van der Waals surface area contributed by atoms with Crippen LogP contribution in [0.1, 0.15) is 50.6 Å². The third kappa shape index (κ3) is 4.77. The van der Waals surface area contributed by atoms with Gasteiger partial charge in [0.15, 0.2) is 12.0 Å². The molecular weight excluding hydrogens is 454 g/mol. The second-order valence-electron chi connectivity index (χ2n) is 9.73. The molecule has 36 heavy (non-hydrogen) atoms. The molecule has 9 nitrogen and oxygen atoms in total. The highest BCUT2D eigenvalue weighted by Crippen LogP contribution is 2.41. The third-order valence-corrected chi connectivity index (χ3v) is 6.55. The number of aromatic nitrogens is 3. The Balaban J connectivity index is 1.44. The van der Waals surface area contributed by atoms with Crippen molar-refractivity contribution < 1.29 is 10.2 Å². The Labute approximate surface area is 211 Å². The zero-order valence-electron chi connectivity index (χ0n) is 20.8. The lowest BCUT2D eigenvalue weighted by molar-refractivity contribution is 0.0244. The van der Waals surface area contributed by atoms with Gasteiger partial charge < -0.3 is 20.4 Å². The standard InChI is InChI=1S/C27H33N7O2/c1-4-15-33-25(35)21-18-28-26(29-19-11-13-20(14-12-19)32-16-6-5-7-17-32)31-24(21)34(33)23-10-8-9-22(30-23)27(2,3)36/h4,8-14,18,25,35-36H,1,5-7,15-17H2,2-3H3,(H,28,29,31). The van der Waals surface area contributed by atoms with Crippen LogP contribution in [-0.2, 0) is 5.60 Å². The van der Waals surface area contributed by atoms with E-state index >= 15 is 0 Å². The molecule has 188 valence electrons. The molecule has 5 rings (SSSR count). The first kappa shape index (κ1) is 24.2. The quantitative estimate of drug-likeness (QED) is 0.419. The summed E-state index contributed by atoms with van der Waals surface area (Å²) in [6.07, 6.45) is 6.16. The Bertz CT molecular complexity index is 1220. The highest BCUT2D eigenvalue weighted by atomic mass is 16.3. The van der Waals surface area contributed by atoms with Crippen molar-refractivity contribution in [3.63, 3.8) is 0 Å². The molecule has 0 amide bonds. The number of anilines is 5. The van der Waals surface area contributed by atoms with E-state index in [9.17, 15) is 10.2 Å². The maximum Gasteiger partial charge on any atom is 0.229 e. The molecule has 2 aliphatic heterocycles. The largest absolute Gasteiger partial charge is 0.384 e. The summed E-state index contributed by atoms with van der Waals surface area (Å²) in [5, 5.41) is 28.3. The molecular formula is C27H33N7O2. The summed E-state index contributed by atoms with van der Waals surface area (Å²) < 4.78 is 0. The van der Waals surface area contributed by atoms with Crippen LogP contribution in [0, 0.1) is 0 Å². The van der Waals surface area contributed by atoms with Crippen LogP contribution in [0.5, 0.6) is 0 Å². The van der Waals surface area contributed by atoms with E-state index in [0.29, 0.717) is 35.4 Å². The first-order valence-electron chi connectivity index (χ1n) is 12.4. The minimum absolute atomic E-state index is 0.368. The van der Waals surface area contributed by atoms with Crippen LogP contribution in [0.3, 0.4) is 0 Å². The molecule has 0 bridgehead atoms. The van der Waals surface area contributed by atoms with Gasteiger partial charge in [-0.25, -0.2) is 15.0 Å². The number of pyridine rings is 1. The number of hydrogen-bond donors (Lipinski definition) is 3. The Hall–Kier alpha value is -3.53. The SMILES string of the molecule is C=CCN1C(O)c2cnc(Nc3ccc(N4CCCCC4)cc3)nc2N1c1cccc(C(C)(C)O)n1. The van der Waals surface area contributed by atoms with Gasteiger partial charge in [-0.1, -0.05) is 12.1 Å². The monoisotopic (exact) mass is 487 g/mol. The molecule has 9 heteroatoms. The van der Waals surface area contributed by atoms with Crippen molar-refractivity contribution in [2.75, 3.05) is 34.9 Å². The van der Waals surface area contributed by atoms with Crippen molar-refractivity contribution in [2.45, 2.75) is 44.9 Å². The molecule has 2 aromatic heterocycles. The van der Waals surface area contributed by atoms with E-state index in [1.165, 1.54) is 24.9 Å². The van der Waals surface area contributed by atoms with E-state index in [-0.39, 0.29) is 0 Å². The normalized spacial score (nSPS) is 18.3. The van der Waals surface area contributed by atoms with Crippen molar-refractivity contribution in [2.24, 2.45) is 0 Å². The molecule has 0 spiro atoms. The van der Waals surface area contributed by atoms with E-state index in [0.717, 1.165) is 18.8 Å². The van der Waals surface area contributed by atoms with Crippen LogP contribution < -0.4 is 15.2 Å². The van der Waals surface area contributed by atoms with Crippen LogP contribution in [0.2, 0.25) is 0 Å². The Morgan fingerprint density at radius 1 is 1.08 bits per heavy atom. The van der Waals surface area contributed by atoms with Gasteiger partial charge in [0.25, 0.3) is 0 Å². The average Bonchev–Trinajstić information content (AvgIpc) is 3.15. The van der Waals surface area contributed by atoms with Gasteiger partial charge in [0.1, 0.15) is 11.4 Å². The topological polar surface area (TPSA) is 101 Å². The summed E-state index contributed by atoms with van der Waals surface area (Å²) in [5.41, 5.74) is 2.08. The number of rotatable bonds is 7. The number of nitrogens with one attached hydrogen (secondary N) is 1. The molecule has 1 saturated heterocycles. The van der Waals surface area contributed by atoms with Crippen molar-refractivity contribution >= 4 is 29.0 Å². The Kier molecular flexibility index (Phi) is 6.61. The molecule has 1 aromatic carbocycles. The fraction of sp³-hybridized carbons (Fsp3) is 0.370. The van der Waals surface area contributed by atoms with Gasteiger partial charge in [0, 0.05) is 37.2 Å². The summed E-state index contributed by atoms with van der Waals surface area (Å²) in [7, 11) is 0. The smallest absolute Gasteiger partial charge is 0.229 e. The third-order valence-electron chi connectivity index (χ3n) is 6.55. The molecule has 2 aliphatic rings. The van der Waals surface area contributed by atoms with Crippen LogP contribution in [0.4, 0.5) is 29.0 Å². The summed E-state index contributed by atoms with van der Waals surface area (Å²) in [4.78, 5) is 16.3. The highest BCUT2D eigenvalue weighted by Gasteiger charge is 2.38. The summed E-state index contributed by atoms with van der Waals surface area (Å²) in [6, 6.07) is 13.7. The first-order chi connectivity index (χ1) is 17.3. The van der Waals surface area contributed by atoms with Crippen LogP contribution in [0.15, 0.2) is 61.3 Å². The number of aliphatic hydroxyl groups is 2. The van der Waals surface area contributed by atoms with Gasteiger partial charge in [-0.15, -0.1) is 6.58 Å². The number of hydrogen-bond acceptors (Lipinski definition) is 9. The van der Waals surface area contributed by atoms with Gasteiger partial charge in [-0.05, 0) is 69.5 Å².